The third-order valence-electron chi connectivity index (χ3n) is 2.13. The van der Waals surface area contributed by atoms with Gasteiger partial charge in [-0.3, -0.25) is 4.79 Å². The minimum absolute atomic E-state index is 0.296. The Bertz CT molecular complexity index is 577. The van der Waals surface area contributed by atoms with Gasteiger partial charge in [0, 0.05) is 11.1 Å². The highest BCUT2D eigenvalue weighted by Gasteiger charge is 2.03. The van der Waals surface area contributed by atoms with Crippen LogP contribution in [0.4, 0.5) is 5.69 Å². The highest BCUT2D eigenvalue weighted by atomic mass is 35.5. The molecule has 0 bridgehead atoms. The van der Waals surface area contributed by atoms with Crippen LogP contribution in [-0.2, 0) is 4.79 Å². The van der Waals surface area contributed by atoms with Gasteiger partial charge in [0.25, 0.3) is 0 Å². The topological polar surface area (TPSA) is 42.2 Å². The lowest BCUT2D eigenvalue weighted by Crippen LogP contribution is -2.07. The SMILES string of the molecule is O=C(/C=C\c1ccco1)Nc1ccc(Cl)cc1Cl. The Morgan fingerprint density at radius 3 is 2.78 bits per heavy atom. The van der Waals surface area contributed by atoms with Crippen LogP contribution in [0.25, 0.3) is 6.08 Å². The third-order valence-corrected chi connectivity index (χ3v) is 2.68. The van der Waals surface area contributed by atoms with Crippen molar-refractivity contribution >= 4 is 40.9 Å². The van der Waals surface area contributed by atoms with Gasteiger partial charge in [0.15, 0.2) is 0 Å². The van der Waals surface area contributed by atoms with Crippen molar-refractivity contribution in [3.05, 3.63) is 58.5 Å². The van der Waals surface area contributed by atoms with E-state index in [0.717, 1.165) is 0 Å². The second-order valence-electron chi connectivity index (χ2n) is 3.46. The molecule has 2 rings (SSSR count). The molecule has 0 aliphatic rings. The molecular weight excluding hydrogens is 273 g/mol. The van der Waals surface area contributed by atoms with Crippen molar-refractivity contribution in [1.29, 1.82) is 0 Å². The summed E-state index contributed by atoms with van der Waals surface area (Å²) in [5, 5.41) is 3.55. The van der Waals surface area contributed by atoms with Crippen LogP contribution in [0.1, 0.15) is 5.76 Å². The Balaban J connectivity index is 2.03. The van der Waals surface area contributed by atoms with E-state index in [2.05, 4.69) is 5.32 Å². The molecular formula is C13H9Cl2NO2. The van der Waals surface area contributed by atoms with E-state index in [1.807, 2.05) is 0 Å². The number of amides is 1. The maximum atomic E-state index is 11.6. The summed E-state index contributed by atoms with van der Waals surface area (Å²) in [6.45, 7) is 0. The zero-order chi connectivity index (χ0) is 13.0. The molecule has 0 saturated heterocycles. The third kappa shape index (κ3) is 3.39. The van der Waals surface area contributed by atoms with Crippen LogP contribution in [0.3, 0.4) is 0 Å². The molecule has 5 heteroatoms. The van der Waals surface area contributed by atoms with Crippen LogP contribution in [0.5, 0.6) is 0 Å². The van der Waals surface area contributed by atoms with Gasteiger partial charge in [0.05, 0.1) is 17.0 Å². The number of carbonyl (C=O) groups excluding carboxylic acids is 1. The molecule has 0 aliphatic carbocycles. The number of hydrogen-bond donors (Lipinski definition) is 1. The molecule has 0 radical (unpaired) electrons. The van der Waals surface area contributed by atoms with E-state index < -0.39 is 0 Å². The van der Waals surface area contributed by atoms with E-state index in [1.165, 1.54) is 12.3 Å². The summed E-state index contributed by atoms with van der Waals surface area (Å²) in [6.07, 6.45) is 4.47. The second-order valence-corrected chi connectivity index (χ2v) is 4.31. The number of furan rings is 1. The maximum Gasteiger partial charge on any atom is 0.248 e. The molecule has 92 valence electrons. The van der Waals surface area contributed by atoms with Gasteiger partial charge in [-0.15, -0.1) is 0 Å². The molecule has 0 fully saturated rings. The Kier molecular flexibility index (Phi) is 4.07. The summed E-state index contributed by atoms with van der Waals surface area (Å²) in [4.78, 5) is 11.6. The molecule has 1 heterocycles. The van der Waals surface area contributed by atoms with Gasteiger partial charge in [-0.05, 0) is 36.4 Å². The quantitative estimate of drug-likeness (QED) is 0.855. The van der Waals surface area contributed by atoms with Gasteiger partial charge >= 0.3 is 0 Å². The van der Waals surface area contributed by atoms with E-state index in [9.17, 15) is 4.79 Å². The van der Waals surface area contributed by atoms with Crippen LogP contribution >= 0.6 is 23.2 Å². The van der Waals surface area contributed by atoms with Crippen molar-refractivity contribution in [1.82, 2.24) is 0 Å². The number of carbonyl (C=O) groups is 1. The van der Waals surface area contributed by atoms with Crippen LogP contribution in [-0.4, -0.2) is 5.91 Å². The van der Waals surface area contributed by atoms with Crippen molar-refractivity contribution < 1.29 is 9.21 Å². The predicted octanol–water partition coefficient (Wildman–Crippen LogP) is 4.24. The van der Waals surface area contributed by atoms with Gasteiger partial charge in [-0.25, -0.2) is 0 Å². The lowest BCUT2D eigenvalue weighted by atomic mass is 10.3. The summed E-state index contributed by atoms with van der Waals surface area (Å²) in [6, 6.07) is 8.35. The Hall–Kier alpha value is -1.71. The monoisotopic (exact) mass is 281 g/mol. The fourth-order valence-electron chi connectivity index (χ4n) is 1.31. The molecule has 0 unspecified atom stereocenters. The van der Waals surface area contributed by atoms with E-state index >= 15 is 0 Å². The Morgan fingerprint density at radius 2 is 2.11 bits per heavy atom. The molecule has 0 atom stereocenters. The van der Waals surface area contributed by atoms with Crippen molar-refractivity contribution in [3.63, 3.8) is 0 Å². The van der Waals surface area contributed by atoms with Crippen LogP contribution in [0.2, 0.25) is 10.0 Å². The number of nitrogens with one attached hydrogen (secondary N) is 1. The fraction of sp³-hybridized carbons (Fsp3) is 0. The van der Waals surface area contributed by atoms with Gasteiger partial charge in [0.1, 0.15) is 5.76 Å². The normalized spacial score (nSPS) is 10.8. The summed E-state index contributed by atoms with van der Waals surface area (Å²) in [5.41, 5.74) is 0.509. The summed E-state index contributed by atoms with van der Waals surface area (Å²) in [7, 11) is 0. The fourth-order valence-corrected chi connectivity index (χ4v) is 1.76. The molecule has 0 saturated carbocycles. The predicted molar refractivity (Wildman–Crippen MR) is 72.8 cm³/mol. The average molecular weight is 282 g/mol. The van der Waals surface area contributed by atoms with E-state index in [-0.39, 0.29) is 5.91 Å². The number of anilines is 1. The molecule has 1 amide bonds. The van der Waals surface area contributed by atoms with Crippen LogP contribution in [0, 0.1) is 0 Å². The number of halogens is 2. The van der Waals surface area contributed by atoms with Gasteiger partial charge in [0.2, 0.25) is 5.91 Å². The molecule has 3 nitrogen and oxygen atoms in total. The molecule has 18 heavy (non-hydrogen) atoms. The molecule has 0 aliphatic heterocycles. The van der Waals surface area contributed by atoms with Gasteiger partial charge in [-0.1, -0.05) is 23.2 Å². The number of hydrogen-bond acceptors (Lipinski definition) is 2. The summed E-state index contributed by atoms with van der Waals surface area (Å²) >= 11 is 11.7. The van der Waals surface area contributed by atoms with Gasteiger partial charge in [-0.2, -0.15) is 0 Å². The first kappa shape index (κ1) is 12.7. The number of benzene rings is 1. The summed E-state index contributed by atoms with van der Waals surface area (Å²) in [5.74, 6) is 0.308. The van der Waals surface area contributed by atoms with Crippen molar-refractivity contribution in [2.75, 3.05) is 5.32 Å². The van der Waals surface area contributed by atoms with Crippen molar-refractivity contribution in [2.45, 2.75) is 0 Å². The first-order valence-corrected chi connectivity index (χ1v) is 5.88. The average Bonchev–Trinajstić information content (AvgIpc) is 2.83. The smallest absolute Gasteiger partial charge is 0.248 e. The molecule has 0 spiro atoms. The highest BCUT2D eigenvalue weighted by Crippen LogP contribution is 2.25. The zero-order valence-electron chi connectivity index (χ0n) is 9.19. The Morgan fingerprint density at radius 1 is 1.28 bits per heavy atom. The molecule has 1 aromatic carbocycles. The molecule has 1 N–H and O–H groups in total. The second kappa shape index (κ2) is 5.76. The van der Waals surface area contributed by atoms with Crippen LogP contribution in [0.15, 0.2) is 47.1 Å². The maximum absolute atomic E-state index is 11.6. The lowest BCUT2D eigenvalue weighted by Gasteiger charge is -2.04. The summed E-state index contributed by atoms with van der Waals surface area (Å²) < 4.78 is 5.06. The largest absolute Gasteiger partial charge is 0.465 e. The molecule has 1 aromatic heterocycles. The zero-order valence-corrected chi connectivity index (χ0v) is 10.7. The highest BCUT2D eigenvalue weighted by molar-refractivity contribution is 6.36. The van der Waals surface area contributed by atoms with E-state index in [4.69, 9.17) is 27.6 Å². The minimum atomic E-state index is -0.296. The van der Waals surface area contributed by atoms with E-state index in [0.29, 0.717) is 21.5 Å². The first-order valence-electron chi connectivity index (χ1n) is 5.13. The minimum Gasteiger partial charge on any atom is -0.465 e. The molecule has 2 aromatic rings. The van der Waals surface area contributed by atoms with Crippen molar-refractivity contribution in [3.8, 4) is 0 Å². The van der Waals surface area contributed by atoms with E-state index in [1.54, 1.807) is 36.4 Å². The number of rotatable bonds is 3. The van der Waals surface area contributed by atoms with Crippen LogP contribution < -0.4 is 5.32 Å². The standard InChI is InChI=1S/C13H9Cl2NO2/c14-9-3-5-12(11(15)8-9)16-13(17)6-4-10-2-1-7-18-10/h1-8H,(H,16,17)/b6-4-. The Labute approximate surface area is 114 Å². The first-order chi connectivity index (χ1) is 8.65. The van der Waals surface area contributed by atoms with Gasteiger partial charge < -0.3 is 9.73 Å². The lowest BCUT2D eigenvalue weighted by molar-refractivity contribution is -0.111. The van der Waals surface area contributed by atoms with Crippen molar-refractivity contribution in [2.24, 2.45) is 0 Å².